The Kier molecular flexibility index (Phi) is 6.37. The van der Waals surface area contributed by atoms with Crippen LogP contribution in [0.3, 0.4) is 0 Å². The SMILES string of the molecule is O=C(Nc1ccc(Cl)cc1)c1cccc(NC2=C(Cl)C(=O)N(c3ccc(F)c(Cl)c3)C2=O)c1. The number of carbonyl (C=O) groups excluding carboxylic acids is 3. The molecule has 33 heavy (non-hydrogen) atoms. The van der Waals surface area contributed by atoms with Gasteiger partial charge in [0.2, 0.25) is 0 Å². The molecule has 3 amide bonds. The monoisotopic (exact) mass is 503 g/mol. The van der Waals surface area contributed by atoms with Crippen LogP contribution >= 0.6 is 34.8 Å². The summed E-state index contributed by atoms with van der Waals surface area (Å²) in [6, 6.07) is 16.3. The fourth-order valence-corrected chi connectivity index (χ4v) is 3.60. The summed E-state index contributed by atoms with van der Waals surface area (Å²) in [5, 5.41) is 5.47. The van der Waals surface area contributed by atoms with Gasteiger partial charge in [0.1, 0.15) is 16.5 Å². The molecule has 0 unspecified atom stereocenters. The van der Waals surface area contributed by atoms with Crippen molar-refractivity contribution < 1.29 is 18.8 Å². The lowest BCUT2D eigenvalue weighted by Gasteiger charge is -2.15. The Bertz CT molecular complexity index is 1330. The second-order valence-electron chi connectivity index (χ2n) is 6.90. The number of carbonyl (C=O) groups is 3. The lowest BCUT2D eigenvalue weighted by Crippen LogP contribution is -2.32. The van der Waals surface area contributed by atoms with E-state index in [-0.39, 0.29) is 21.4 Å². The van der Waals surface area contributed by atoms with Crippen LogP contribution in [0.4, 0.5) is 21.5 Å². The summed E-state index contributed by atoms with van der Waals surface area (Å²) in [6.45, 7) is 0. The first-order valence-electron chi connectivity index (χ1n) is 9.42. The molecule has 0 aromatic heterocycles. The van der Waals surface area contributed by atoms with Gasteiger partial charge in [0.25, 0.3) is 17.7 Å². The fraction of sp³-hybridized carbons (Fsp3) is 0. The van der Waals surface area contributed by atoms with Gasteiger partial charge in [-0.2, -0.15) is 0 Å². The Morgan fingerprint density at radius 2 is 1.58 bits per heavy atom. The van der Waals surface area contributed by atoms with E-state index in [1.807, 2.05) is 0 Å². The number of halogens is 4. The molecule has 3 aromatic rings. The molecule has 2 N–H and O–H groups in total. The maximum atomic E-state index is 13.5. The van der Waals surface area contributed by atoms with Gasteiger partial charge >= 0.3 is 0 Å². The minimum absolute atomic E-state index is 0.0717. The van der Waals surface area contributed by atoms with Crippen molar-refractivity contribution in [3.05, 3.63) is 98.9 Å². The molecule has 0 aliphatic carbocycles. The van der Waals surface area contributed by atoms with Crippen molar-refractivity contribution in [2.75, 3.05) is 15.5 Å². The maximum Gasteiger partial charge on any atom is 0.283 e. The van der Waals surface area contributed by atoms with E-state index in [0.29, 0.717) is 22.0 Å². The zero-order valence-corrected chi connectivity index (χ0v) is 18.8. The second kappa shape index (κ2) is 9.23. The molecule has 0 saturated carbocycles. The van der Waals surface area contributed by atoms with Crippen molar-refractivity contribution in [1.82, 2.24) is 0 Å². The molecule has 0 atom stereocenters. The Morgan fingerprint density at radius 3 is 2.27 bits per heavy atom. The third kappa shape index (κ3) is 4.71. The minimum Gasteiger partial charge on any atom is -0.350 e. The highest BCUT2D eigenvalue weighted by Crippen LogP contribution is 2.32. The van der Waals surface area contributed by atoms with Gasteiger partial charge in [0.15, 0.2) is 0 Å². The molecule has 4 rings (SSSR count). The molecular weight excluding hydrogens is 492 g/mol. The molecule has 3 aromatic carbocycles. The van der Waals surface area contributed by atoms with Crippen molar-refractivity contribution in [2.45, 2.75) is 0 Å². The topological polar surface area (TPSA) is 78.5 Å². The maximum absolute atomic E-state index is 13.5. The van der Waals surface area contributed by atoms with Crippen LogP contribution in [-0.4, -0.2) is 17.7 Å². The van der Waals surface area contributed by atoms with Gasteiger partial charge in [-0.05, 0) is 60.7 Å². The number of anilines is 3. The molecule has 10 heteroatoms. The van der Waals surface area contributed by atoms with Crippen LogP contribution in [0, 0.1) is 5.82 Å². The molecule has 0 fully saturated rings. The van der Waals surface area contributed by atoms with Gasteiger partial charge < -0.3 is 10.6 Å². The Balaban J connectivity index is 1.54. The Hall–Kier alpha value is -3.39. The van der Waals surface area contributed by atoms with Crippen LogP contribution in [0.15, 0.2) is 77.5 Å². The molecule has 0 bridgehead atoms. The third-order valence-electron chi connectivity index (χ3n) is 4.68. The van der Waals surface area contributed by atoms with E-state index in [1.165, 1.54) is 12.1 Å². The van der Waals surface area contributed by atoms with Gasteiger partial charge in [0, 0.05) is 22.0 Å². The fourth-order valence-electron chi connectivity index (χ4n) is 3.09. The summed E-state index contributed by atoms with van der Waals surface area (Å²) in [6.07, 6.45) is 0. The average molecular weight is 505 g/mol. The van der Waals surface area contributed by atoms with Gasteiger partial charge in [-0.25, -0.2) is 9.29 Å². The van der Waals surface area contributed by atoms with E-state index in [9.17, 15) is 18.8 Å². The largest absolute Gasteiger partial charge is 0.350 e. The first-order valence-corrected chi connectivity index (χ1v) is 10.6. The average Bonchev–Trinajstić information content (AvgIpc) is 3.00. The highest BCUT2D eigenvalue weighted by molar-refractivity contribution is 6.53. The lowest BCUT2D eigenvalue weighted by molar-refractivity contribution is -0.120. The Labute approximate surface area is 202 Å². The molecule has 166 valence electrons. The number of hydrogen-bond acceptors (Lipinski definition) is 4. The van der Waals surface area contributed by atoms with Crippen molar-refractivity contribution in [3.8, 4) is 0 Å². The summed E-state index contributed by atoms with van der Waals surface area (Å²) in [5.41, 5.74) is 1.09. The smallest absolute Gasteiger partial charge is 0.283 e. The zero-order valence-electron chi connectivity index (χ0n) is 16.5. The normalized spacial score (nSPS) is 13.5. The van der Waals surface area contributed by atoms with E-state index < -0.39 is 23.5 Å². The minimum atomic E-state index is -0.788. The number of nitrogens with zero attached hydrogens (tertiary/aromatic N) is 1. The van der Waals surface area contributed by atoms with E-state index in [2.05, 4.69) is 10.6 Å². The highest BCUT2D eigenvalue weighted by Gasteiger charge is 2.39. The highest BCUT2D eigenvalue weighted by atomic mass is 35.5. The number of amides is 3. The van der Waals surface area contributed by atoms with Crippen LogP contribution in [0.2, 0.25) is 10.0 Å². The van der Waals surface area contributed by atoms with E-state index in [4.69, 9.17) is 34.8 Å². The molecule has 0 saturated heterocycles. The van der Waals surface area contributed by atoms with Crippen molar-refractivity contribution in [2.24, 2.45) is 0 Å². The van der Waals surface area contributed by atoms with Gasteiger partial charge in [-0.1, -0.05) is 40.9 Å². The summed E-state index contributed by atoms with van der Waals surface area (Å²) in [7, 11) is 0. The lowest BCUT2D eigenvalue weighted by atomic mass is 10.1. The summed E-state index contributed by atoms with van der Waals surface area (Å²) < 4.78 is 13.5. The number of benzene rings is 3. The standard InChI is InChI=1S/C23H13Cl3FN3O3/c24-13-4-6-14(7-5-13)29-21(31)12-2-1-3-15(10-12)28-20-19(26)22(32)30(23(20)33)16-8-9-18(27)17(25)11-16/h1-11,28H,(H,29,31). The van der Waals surface area contributed by atoms with E-state index in [0.717, 1.165) is 17.0 Å². The van der Waals surface area contributed by atoms with Crippen LogP contribution in [0.5, 0.6) is 0 Å². The quantitative estimate of drug-likeness (QED) is 0.429. The predicted molar refractivity (Wildman–Crippen MR) is 126 cm³/mol. The van der Waals surface area contributed by atoms with Crippen LogP contribution in [0.1, 0.15) is 10.4 Å². The van der Waals surface area contributed by atoms with Gasteiger partial charge in [-0.15, -0.1) is 0 Å². The zero-order chi connectivity index (χ0) is 23.7. The van der Waals surface area contributed by atoms with Crippen LogP contribution in [0.25, 0.3) is 0 Å². The number of imide groups is 1. The van der Waals surface area contributed by atoms with Crippen LogP contribution < -0.4 is 15.5 Å². The van der Waals surface area contributed by atoms with Crippen molar-refractivity contribution in [1.29, 1.82) is 0 Å². The van der Waals surface area contributed by atoms with Crippen molar-refractivity contribution in [3.63, 3.8) is 0 Å². The number of nitrogens with one attached hydrogen (secondary N) is 2. The predicted octanol–water partition coefficient (Wildman–Crippen LogP) is 5.82. The molecule has 0 spiro atoms. The van der Waals surface area contributed by atoms with Crippen molar-refractivity contribution >= 4 is 69.6 Å². The van der Waals surface area contributed by atoms with E-state index in [1.54, 1.807) is 42.5 Å². The number of rotatable bonds is 5. The molecule has 1 aliphatic heterocycles. The molecule has 6 nitrogen and oxygen atoms in total. The second-order valence-corrected chi connectivity index (χ2v) is 8.12. The van der Waals surface area contributed by atoms with Gasteiger partial charge in [0.05, 0.1) is 10.7 Å². The summed E-state index contributed by atoms with van der Waals surface area (Å²) >= 11 is 17.7. The first kappa shape index (κ1) is 22.8. The third-order valence-corrected chi connectivity index (χ3v) is 5.58. The van der Waals surface area contributed by atoms with Crippen LogP contribution in [-0.2, 0) is 9.59 Å². The molecule has 1 heterocycles. The molecule has 1 aliphatic rings. The summed E-state index contributed by atoms with van der Waals surface area (Å²) in [5.74, 6) is -2.62. The van der Waals surface area contributed by atoms with E-state index >= 15 is 0 Å². The summed E-state index contributed by atoms with van der Waals surface area (Å²) in [4.78, 5) is 38.8. The number of hydrogen-bond donors (Lipinski definition) is 2. The Morgan fingerprint density at radius 1 is 0.848 bits per heavy atom. The van der Waals surface area contributed by atoms with Gasteiger partial charge in [-0.3, -0.25) is 14.4 Å². The first-order chi connectivity index (χ1) is 15.7. The molecular formula is C23H13Cl3FN3O3. The molecule has 0 radical (unpaired) electrons.